The van der Waals surface area contributed by atoms with Crippen LogP contribution in [0.2, 0.25) is 0 Å². The molecule has 3 N–H and O–H groups in total. The van der Waals surface area contributed by atoms with Gasteiger partial charge < -0.3 is 11.1 Å². The van der Waals surface area contributed by atoms with Crippen molar-refractivity contribution in [2.75, 3.05) is 11.6 Å². The fourth-order valence-electron chi connectivity index (χ4n) is 2.19. The first-order valence-corrected chi connectivity index (χ1v) is 8.04. The summed E-state index contributed by atoms with van der Waals surface area (Å²) in [6.45, 7) is 4.09. The second kappa shape index (κ2) is 6.68. The summed E-state index contributed by atoms with van der Waals surface area (Å²) in [5.41, 5.74) is 9.08. The maximum absolute atomic E-state index is 11.2. The molecular weight excluding hydrogens is 280 g/mol. The first-order valence-electron chi connectivity index (χ1n) is 6.82. The summed E-state index contributed by atoms with van der Waals surface area (Å²) in [5.74, 6) is -0.398. The third kappa shape index (κ3) is 3.79. The van der Waals surface area contributed by atoms with Crippen molar-refractivity contribution in [3.8, 4) is 0 Å². The highest BCUT2D eigenvalue weighted by molar-refractivity contribution is 7.98. The minimum absolute atomic E-state index is 0.194. The molecule has 0 fully saturated rings. The molecule has 110 valence electrons. The van der Waals surface area contributed by atoms with E-state index in [9.17, 15) is 4.79 Å². The number of benzene rings is 2. The quantitative estimate of drug-likeness (QED) is 0.821. The lowest BCUT2D eigenvalue weighted by atomic mass is 10.1. The van der Waals surface area contributed by atoms with Crippen LogP contribution in [0.3, 0.4) is 0 Å². The molecule has 2 rings (SSSR count). The Kier molecular flexibility index (Phi) is 4.91. The van der Waals surface area contributed by atoms with E-state index in [0.717, 1.165) is 11.3 Å². The highest BCUT2D eigenvalue weighted by Crippen LogP contribution is 2.24. The van der Waals surface area contributed by atoms with E-state index in [4.69, 9.17) is 5.73 Å². The van der Waals surface area contributed by atoms with Crippen LogP contribution in [0.25, 0.3) is 0 Å². The molecule has 0 heterocycles. The van der Waals surface area contributed by atoms with Crippen molar-refractivity contribution in [3.63, 3.8) is 0 Å². The summed E-state index contributed by atoms with van der Waals surface area (Å²) >= 11 is 1.74. The largest absolute Gasteiger partial charge is 0.378 e. The van der Waals surface area contributed by atoms with Crippen LogP contribution >= 0.6 is 11.8 Å². The van der Waals surface area contributed by atoms with Crippen LogP contribution in [0.4, 0.5) is 5.69 Å². The SMILES string of the molecule is CSc1ccc(C(C)Nc2ccc(C(N)=O)cc2C)cc1. The zero-order valence-electron chi connectivity index (χ0n) is 12.5. The zero-order valence-corrected chi connectivity index (χ0v) is 13.3. The summed E-state index contributed by atoms with van der Waals surface area (Å²) < 4.78 is 0. The first-order chi connectivity index (χ1) is 10.0. The fourth-order valence-corrected chi connectivity index (χ4v) is 2.60. The van der Waals surface area contributed by atoms with Gasteiger partial charge in [0.05, 0.1) is 0 Å². The Morgan fingerprint density at radius 3 is 2.38 bits per heavy atom. The van der Waals surface area contributed by atoms with Crippen molar-refractivity contribution in [1.82, 2.24) is 0 Å². The Morgan fingerprint density at radius 2 is 1.86 bits per heavy atom. The molecule has 1 atom stereocenters. The van der Waals surface area contributed by atoms with Gasteiger partial charge in [0.15, 0.2) is 0 Å². The van der Waals surface area contributed by atoms with Crippen molar-refractivity contribution in [2.45, 2.75) is 24.8 Å². The van der Waals surface area contributed by atoms with E-state index >= 15 is 0 Å². The molecule has 0 saturated carbocycles. The smallest absolute Gasteiger partial charge is 0.248 e. The molecule has 0 radical (unpaired) electrons. The summed E-state index contributed by atoms with van der Waals surface area (Å²) in [5, 5.41) is 3.47. The Hall–Kier alpha value is -1.94. The number of aryl methyl sites for hydroxylation is 1. The highest BCUT2D eigenvalue weighted by Gasteiger charge is 2.09. The molecule has 2 aromatic carbocycles. The van der Waals surface area contributed by atoms with E-state index in [2.05, 4.69) is 42.8 Å². The molecule has 1 unspecified atom stereocenters. The molecule has 4 heteroatoms. The number of primary amides is 1. The number of nitrogens with one attached hydrogen (secondary N) is 1. The van der Waals surface area contributed by atoms with Gasteiger partial charge in [0.2, 0.25) is 5.91 Å². The van der Waals surface area contributed by atoms with Gasteiger partial charge in [-0.05, 0) is 61.6 Å². The summed E-state index contributed by atoms with van der Waals surface area (Å²) in [4.78, 5) is 12.4. The number of hydrogen-bond donors (Lipinski definition) is 2. The molecule has 0 spiro atoms. The molecule has 0 aromatic heterocycles. The topological polar surface area (TPSA) is 55.1 Å². The average Bonchev–Trinajstić information content (AvgIpc) is 2.49. The van der Waals surface area contributed by atoms with Gasteiger partial charge in [0.1, 0.15) is 0 Å². The highest BCUT2D eigenvalue weighted by atomic mass is 32.2. The van der Waals surface area contributed by atoms with Crippen molar-refractivity contribution in [3.05, 3.63) is 59.2 Å². The van der Waals surface area contributed by atoms with E-state index in [1.165, 1.54) is 10.5 Å². The Bertz CT molecular complexity index is 638. The second-order valence-corrected chi connectivity index (χ2v) is 5.91. The number of carbonyl (C=O) groups is 1. The number of thioether (sulfide) groups is 1. The Labute approximate surface area is 129 Å². The molecule has 0 saturated heterocycles. The molecular formula is C17H20N2OS. The number of anilines is 1. The number of carbonyl (C=O) groups excluding carboxylic acids is 1. The predicted octanol–water partition coefficient (Wildman–Crippen LogP) is 3.99. The lowest BCUT2D eigenvalue weighted by Crippen LogP contribution is -2.12. The van der Waals surface area contributed by atoms with Gasteiger partial charge in [-0.3, -0.25) is 4.79 Å². The van der Waals surface area contributed by atoms with Crippen molar-refractivity contribution in [1.29, 1.82) is 0 Å². The normalized spacial score (nSPS) is 12.0. The minimum atomic E-state index is -0.398. The molecule has 1 amide bonds. The lowest BCUT2D eigenvalue weighted by Gasteiger charge is -2.18. The van der Waals surface area contributed by atoms with E-state index in [-0.39, 0.29) is 6.04 Å². The molecule has 2 aromatic rings. The lowest BCUT2D eigenvalue weighted by molar-refractivity contribution is 0.1000. The van der Waals surface area contributed by atoms with Crippen LogP contribution in [0.15, 0.2) is 47.4 Å². The zero-order chi connectivity index (χ0) is 15.4. The van der Waals surface area contributed by atoms with Crippen molar-refractivity contribution >= 4 is 23.4 Å². The number of hydrogen-bond acceptors (Lipinski definition) is 3. The molecule has 0 bridgehead atoms. The number of nitrogens with two attached hydrogens (primary N) is 1. The molecule has 0 aliphatic carbocycles. The van der Waals surface area contributed by atoms with Crippen LogP contribution in [0, 0.1) is 6.92 Å². The van der Waals surface area contributed by atoms with Gasteiger partial charge in [-0.2, -0.15) is 0 Å². The average molecular weight is 300 g/mol. The van der Waals surface area contributed by atoms with Crippen LogP contribution < -0.4 is 11.1 Å². The minimum Gasteiger partial charge on any atom is -0.378 e. The monoisotopic (exact) mass is 300 g/mol. The van der Waals surface area contributed by atoms with Gasteiger partial charge in [0.25, 0.3) is 0 Å². The molecule has 3 nitrogen and oxygen atoms in total. The third-order valence-corrected chi connectivity index (χ3v) is 4.24. The standard InChI is InChI=1S/C17H20N2OS/c1-11-10-14(17(18)20)6-9-16(11)19-12(2)13-4-7-15(21-3)8-5-13/h4-10,12,19H,1-3H3,(H2,18,20). The summed E-state index contributed by atoms with van der Waals surface area (Å²) in [6.07, 6.45) is 2.07. The Balaban J connectivity index is 2.14. The van der Waals surface area contributed by atoms with Crippen molar-refractivity contribution < 1.29 is 4.79 Å². The van der Waals surface area contributed by atoms with Crippen LogP contribution in [-0.2, 0) is 0 Å². The van der Waals surface area contributed by atoms with E-state index in [1.54, 1.807) is 17.8 Å². The van der Waals surface area contributed by atoms with Crippen LogP contribution in [-0.4, -0.2) is 12.2 Å². The summed E-state index contributed by atoms with van der Waals surface area (Å²) in [7, 11) is 0. The first kappa shape index (κ1) is 15.4. The van der Waals surface area contributed by atoms with Gasteiger partial charge in [-0.15, -0.1) is 11.8 Å². The van der Waals surface area contributed by atoms with Gasteiger partial charge in [0, 0.05) is 22.2 Å². The van der Waals surface area contributed by atoms with E-state index in [0.29, 0.717) is 5.56 Å². The fraction of sp³-hybridized carbons (Fsp3) is 0.235. The number of rotatable bonds is 5. The number of amides is 1. The Morgan fingerprint density at radius 1 is 1.19 bits per heavy atom. The summed E-state index contributed by atoms with van der Waals surface area (Å²) in [6, 6.07) is 14.2. The molecule has 0 aliphatic heterocycles. The maximum atomic E-state index is 11.2. The van der Waals surface area contributed by atoms with E-state index in [1.807, 2.05) is 19.1 Å². The van der Waals surface area contributed by atoms with Gasteiger partial charge in [-0.1, -0.05) is 12.1 Å². The maximum Gasteiger partial charge on any atom is 0.248 e. The molecule has 0 aliphatic rings. The molecule has 21 heavy (non-hydrogen) atoms. The third-order valence-electron chi connectivity index (χ3n) is 3.50. The second-order valence-electron chi connectivity index (χ2n) is 5.03. The van der Waals surface area contributed by atoms with E-state index < -0.39 is 5.91 Å². The van der Waals surface area contributed by atoms with Gasteiger partial charge >= 0.3 is 0 Å². The van der Waals surface area contributed by atoms with Crippen LogP contribution in [0.1, 0.15) is 34.5 Å². The van der Waals surface area contributed by atoms with Gasteiger partial charge in [-0.25, -0.2) is 0 Å². The van der Waals surface area contributed by atoms with Crippen LogP contribution in [0.5, 0.6) is 0 Å². The predicted molar refractivity (Wildman–Crippen MR) is 90.0 cm³/mol. The van der Waals surface area contributed by atoms with Crippen molar-refractivity contribution in [2.24, 2.45) is 5.73 Å².